The Kier molecular flexibility index (Phi) is 2.46. The second-order valence-corrected chi connectivity index (χ2v) is 3.84. The molecule has 0 aliphatic heterocycles. The fraction of sp³-hybridized carbons (Fsp3) is 0.250. The van der Waals surface area contributed by atoms with Crippen molar-refractivity contribution in [3.63, 3.8) is 0 Å². The van der Waals surface area contributed by atoms with E-state index in [2.05, 4.69) is 18.2 Å². The van der Waals surface area contributed by atoms with E-state index in [9.17, 15) is 0 Å². The maximum absolute atomic E-state index is 5.63. The summed E-state index contributed by atoms with van der Waals surface area (Å²) in [6, 6.07) is 7.89. The van der Waals surface area contributed by atoms with Crippen molar-refractivity contribution < 1.29 is 0 Å². The van der Waals surface area contributed by atoms with Crippen LogP contribution in [0.25, 0.3) is 0 Å². The summed E-state index contributed by atoms with van der Waals surface area (Å²) in [6.07, 6.45) is 2.06. The Labute approximate surface area is 89.5 Å². The van der Waals surface area contributed by atoms with Gasteiger partial charge in [0.05, 0.1) is 12.2 Å². The number of nitrogens with two attached hydrogens (primary N) is 1. The molecule has 0 atom stereocenters. The highest BCUT2D eigenvalue weighted by Gasteiger charge is 2.00. The molecular formula is C12H15N3. The maximum Gasteiger partial charge on any atom is 0.0659 e. The van der Waals surface area contributed by atoms with E-state index in [1.54, 1.807) is 0 Å². The molecule has 3 heteroatoms. The van der Waals surface area contributed by atoms with Gasteiger partial charge in [0.25, 0.3) is 0 Å². The van der Waals surface area contributed by atoms with Gasteiger partial charge in [-0.3, -0.25) is 4.68 Å². The van der Waals surface area contributed by atoms with E-state index in [1.807, 2.05) is 35.9 Å². The van der Waals surface area contributed by atoms with Crippen LogP contribution in [0.4, 0.5) is 5.69 Å². The third-order valence-electron chi connectivity index (χ3n) is 2.52. The largest absolute Gasteiger partial charge is 0.399 e. The van der Waals surface area contributed by atoms with Crippen LogP contribution in [0.2, 0.25) is 0 Å². The van der Waals surface area contributed by atoms with Crippen LogP contribution in [0, 0.1) is 13.8 Å². The minimum Gasteiger partial charge on any atom is -0.399 e. The lowest BCUT2D eigenvalue weighted by atomic mass is 10.2. The predicted octanol–water partition coefficient (Wildman–Crippen LogP) is 2.13. The quantitative estimate of drug-likeness (QED) is 0.756. The summed E-state index contributed by atoms with van der Waals surface area (Å²) in [7, 11) is 0. The van der Waals surface area contributed by atoms with Crippen molar-refractivity contribution in [2.45, 2.75) is 20.4 Å². The zero-order chi connectivity index (χ0) is 10.8. The molecule has 2 N–H and O–H groups in total. The third-order valence-corrected chi connectivity index (χ3v) is 2.52. The Balaban J connectivity index is 2.18. The number of hydrogen-bond acceptors (Lipinski definition) is 2. The first-order chi connectivity index (χ1) is 7.15. The fourth-order valence-electron chi connectivity index (χ4n) is 1.51. The summed E-state index contributed by atoms with van der Waals surface area (Å²) in [6.45, 7) is 4.89. The number of nitrogen functional groups attached to an aromatic ring is 1. The van der Waals surface area contributed by atoms with Gasteiger partial charge in [0.15, 0.2) is 0 Å². The Morgan fingerprint density at radius 3 is 2.40 bits per heavy atom. The molecule has 1 aromatic heterocycles. The summed E-state index contributed by atoms with van der Waals surface area (Å²) < 4.78 is 1.95. The van der Waals surface area contributed by atoms with Gasteiger partial charge in [-0.15, -0.1) is 0 Å². The van der Waals surface area contributed by atoms with Crippen molar-refractivity contribution in [1.29, 1.82) is 0 Å². The van der Waals surface area contributed by atoms with Crippen molar-refractivity contribution in [3.8, 4) is 0 Å². The number of rotatable bonds is 2. The Morgan fingerprint density at radius 2 is 1.87 bits per heavy atom. The van der Waals surface area contributed by atoms with Crippen molar-refractivity contribution >= 4 is 5.69 Å². The zero-order valence-electron chi connectivity index (χ0n) is 9.07. The molecule has 0 saturated heterocycles. The molecule has 2 aromatic rings. The highest BCUT2D eigenvalue weighted by Crippen LogP contribution is 2.09. The van der Waals surface area contributed by atoms with Crippen LogP contribution in [0.1, 0.15) is 16.8 Å². The smallest absolute Gasteiger partial charge is 0.0659 e. The van der Waals surface area contributed by atoms with E-state index in [1.165, 1.54) is 11.1 Å². The van der Waals surface area contributed by atoms with Crippen LogP contribution >= 0.6 is 0 Å². The van der Waals surface area contributed by atoms with Crippen molar-refractivity contribution in [1.82, 2.24) is 9.78 Å². The first kappa shape index (κ1) is 9.77. The van der Waals surface area contributed by atoms with Crippen LogP contribution in [0.15, 0.2) is 30.5 Å². The number of nitrogens with zero attached hydrogens (tertiary/aromatic N) is 2. The molecule has 15 heavy (non-hydrogen) atoms. The number of aromatic nitrogens is 2. The molecule has 3 nitrogen and oxygen atoms in total. The van der Waals surface area contributed by atoms with Gasteiger partial charge in [-0.25, -0.2) is 0 Å². The molecule has 0 fully saturated rings. The average molecular weight is 201 g/mol. The van der Waals surface area contributed by atoms with E-state index in [0.29, 0.717) is 0 Å². The molecular weight excluding hydrogens is 186 g/mol. The molecule has 0 aliphatic carbocycles. The summed E-state index contributed by atoms with van der Waals surface area (Å²) >= 11 is 0. The standard InChI is InChI=1S/C12H15N3/c1-9-7-15(14-10(9)2)8-11-3-5-12(13)6-4-11/h3-7H,8,13H2,1-2H3. The van der Waals surface area contributed by atoms with Gasteiger partial charge < -0.3 is 5.73 Å². The molecule has 1 aromatic carbocycles. The molecule has 0 unspecified atom stereocenters. The summed E-state index contributed by atoms with van der Waals surface area (Å²) in [5.74, 6) is 0. The van der Waals surface area contributed by atoms with Crippen LogP contribution in [0.5, 0.6) is 0 Å². The van der Waals surface area contributed by atoms with Gasteiger partial charge >= 0.3 is 0 Å². The summed E-state index contributed by atoms with van der Waals surface area (Å²) in [5, 5.41) is 4.41. The highest BCUT2D eigenvalue weighted by molar-refractivity contribution is 5.39. The minimum absolute atomic E-state index is 0.798. The topological polar surface area (TPSA) is 43.8 Å². The molecule has 0 spiro atoms. The Hall–Kier alpha value is -1.77. The Bertz CT molecular complexity index is 435. The molecule has 0 radical (unpaired) electrons. The van der Waals surface area contributed by atoms with Gasteiger partial charge in [-0.05, 0) is 37.1 Å². The maximum atomic E-state index is 5.63. The van der Waals surface area contributed by atoms with Gasteiger partial charge in [-0.2, -0.15) is 5.10 Å². The second-order valence-electron chi connectivity index (χ2n) is 3.84. The molecule has 0 aliphatic rings. The monoisotopic (exact) mass is 201 g/mol. The zero-order valence-corrected chi connectivity index (χ0v) is 9.07. The lowest BCUT2D eigenvalue weighted by Crippen LogP contribution is -2.00. The average Bonchev–Trinajstić information content (AvgIpc) is 2.50. The molecule has 0 amide bonds. The number of aryl methyl sites for hydroxylation is 2. The van der Waals surface area contributed by atoms with Gasteiger partial charge in [0.2, 0.25) is 0 Å². The van der Waals surface area contributed by atoms with Crippen LogP contribution in [0.3, 0.4) is 0 Å². The normalized spacial score (nSPS) is 10.5. The van der Waals surface area contributed by atoms with Crippen molar-refractivity contribution in [3.05, 3.63) is 47.3 Å². The van der Waals surface area contributed by atoms with E-state index in [-0.39, 0.29) is 0 Å². The van der Waals surface area contributed by atoms with Gasteiger partial charge in [-0.1, -0.05) is 12.1 Å². The van der Waals surface area contributed by atoms with Crippen molar-refractivity contribution in [2.75, 3.05) is 5.73 Å². The van der Waals surface area contributed by atoms with E-state index in [0.717, 1.165) is 17.9 Å². The predicted molar refractivity (Wildman–Crippen MR) is 61.7 cm³/mol. The minimum atomic E-state index is 0.798. The summed E-state index contributed by atoms with van der Waals surface area (Å²) in [5.41, 5.74) is 9.95. The highest BCUT2D eigenvalue weighted by atomic mass is 15.3. The number of hydrogen-bond donors (Lipinski definition) is 1. The van der Waals surface area contributed by atoms with E-state index in [4.69, 9.17) is 5.73 Å². The molecule has 1 heterocycles. The van der Waals surface area contributed by atoms with Crippen LogP contribution in [-0.2, 0) is 6.54 Å². The van der Waals surface area contributed by atoms with E-state index >= 15 is 0 Å². The second kappa shape index (κ2) is 3.77. The lowest BCUT2D eigenvalue weighted by molar-refractivity contribution is 0.679. The van der Waals surface area contributed by atoms with Crippen LogP contribution < -0.4 is 5.73 Å². The van der Waals surface area contributed by atoms with Gasteiger partial charge in [0, 0.05) is 11.9 Å². The fourth-order valence-corrected chi connectivity index (χ4v) is 1.51. The molecule has 0 saturated carbocycles. The van der Waals surface area contributed by atoms with Crippen LogP contribution in [-0.4, -0.2) is 9.78 Å². The molecule has 78 valence electrons. The Morgan fingerprint density at radius 1 is 1.20 bits per heavy atom. The lowest BCUT2D eigenvalue weighted by Gasteiger charge is -2.01. The number of benzene rings is 1. The molecule has 0 bridgehead atoms. The number of anilines is 1. The molecule has 2 rings (SSSR count). The SMILES string of the molecule is Cc1cn(Cc2ccc(N)cc2)nc1C. The van der Waals surface area contributed by atoms with E-state index < -0.39 is 0 Å². The first-order valence-electron chi connectivity index (χ1n) is 5.00. The summed E-state index contributed by atoms with van der Waals surface area (Å²) in [4.78, 5) is 0. The third kappa shape index (κ3) is 2.18. The van der Waals surface area contributed by atoms with Gasteiger partial charge in [0.1, 0.15) is 0 Å². The van der Waals surface area contributed by atoms with Crippen molar-refractivity contribution in [2.24, 2.45) is 0 Å². The first-order valence-corrected chi connectivity index (χ1v) is 5.00.